The van der Waals surface area contributed by atoms with Gasteiger partial charge in [-0.05, 0) is 25.1 Å². The monoisotopic (exact) mass is 466 g/mol. The number of hydrogen-bond donors (Lipinski definition) is 2. The summed E-state index contributed by atoms with van der Waals surface area (Å²) in [5.41, 5.74) is 11.7. The fraction of sp³-hybridized carbons (Fsp3) is 0.227. The second kappa shape index (κ2) is 8.12. The molecule has 0 saturated carbocycles. The van der Waals surface area contributed by atoms with E-state index in [0.29, 0.717) is 31.0 Å². The maximum absolute atomic E-state index is 13.8. The smallest absolute Gasteiger partial charge is 0.247 e. The summed E-state index contributed by atoms with van der Waals surface area (Å²) >= 11 is 1.53. The molecule has 4 aromatic rings. The minimum Gasteiger partial charge on any atom is -0.398 e. The van der Waals surface area contributed by atoms with Gasteiger partial charge in [0.05, 0.1) is 23.3 Å². The van der Waals surface area contributed by atoms with Gasteiger partial charge in [0.25, 0.3) is 0 Å². The zero-order valence-electron chi connectivity index (χ0n) is 17.4. The number of thiazole rings is 1. The lowest BCUT2D eigenvalue weighted by molar-refractivity contribution is 0.388. The van der Waals surface area contributed by atoms with E-state index in [0.717, 1.165) is 32.7 Å². The summed E-state index contributed by atoms with van der Waals surface area (Å²) in [7, 11) is -3.83. The Balaban J connectivity index is 1.55. The summed E-state index contributed by atoms with van der Waals surface area (Å²) in [5.74, 6) is 0.335. The predicted molar refractivity (Wildman–Crippen MR) is 126 cm³/mol. The number of rotatable bonds is 5. The van der Waals surface area contributed by atoms with E-state index in [1.165, 1.54) is 15.6 Å². The van der Waals surface area contributed by atoms with Crippen LogP contribution in [0.25, 0.3) is 10.9 Å². The van der Waals surface area contributed by atoms with E-state index in [9.17, 15) is 8.42 Å². The van der Waals surface area contributed by atoms with Crippen LogP contribution in [0.1, 0.15) is 21.8 Å². The molecule has 4 heterocycles. The Labute approximate surface area is 190 Å². The molecule has 0 amide bonds. The minimum absolute atomic E-state index is 0.157. The number of aryl methyl sites for hydroxylation is 1. The molecular weight excluding hydrogens is 444 g/mol. The van der Waals surface area contributed by atoms with Crippen molar-refractivity contribution >= 4 is 43.8 Å². The van der Waals surface area contributed by atoms with Crippen molar-refractivity contribution in [3.05, 3.63) is 69.9 Å². The van der Waals surface area contributed by atoms with E-state index in [4.69, 9.17) is 5.73 Å². The molecule has 0 atom stereocenters. The number of nitrogen functional groups attached to an aromatic ring is 1. The highest BCUT2D eigenvalue weighted by molar-refractivity contribution is 7.89. The molecule has 0 unspecified atom stereocenters. The van der Waals surface area contributed by atoms with E-state index in [1.54, 1.807) is 23.8 Å². The van der Waals surface area contributed by atoms with Crippen LogP contribution < -0.4 is 11.1 Å². The fourth-order valence-electron chi connectivity index (χ4n) is 3.86. The quantitative estimate of drug-likeness (QED) is 0.464. The molecule has 3 N–H and O–H groups in total. The average Bonchev–Trinajstić information content (AvgIpc) is 3.21. The van der Waals surface area contributed by atoms with Gasteiger partial charge in [-0.3, -0.25) is 4.98 Å². The van der Waals surface area contributed by atoms with E-state index < -0.39 is 10.0 Å². The standard InChI is InChI=1S/C22H22N6O2S2/c1-14-20(31-13-26-14)11-25-22-21(10-15-4-2-3-5-18(15)27-22)32(29,30)28-9-7-19-16(12-28)17(23)6-8-24-19/h2-6,8,10,13H,7,9,11-12H2,1H3,(H2,23,24)(H,25,27). The molecule has 0 aliphatic carbocycles. The third kappa shape index (κ3) is 3.70. The number of sulfonamides is 1. The first-order valence-electron chi connectivity index (χ1n) is 10.2. The molecule has 32 heavy (non-hydrogen) atoms. The van der Waals surface area contributed by atoms with Crippen molar-refractivity contribution in [1.29, 1.82) is 0 Å². The Hall–Kier alpha value is -3.08. The van der Waals surface area contributed by atoms with Crippen molar-refractivity contribution in [1.82, 2.24) is 19.3 Å². The Kier molecular flexibility index (Phi) is 5.28. The number of pyridine rings is 2. The van der Waals surface area contributed by atoms with Gasteiger partial charge in [-0.25, -0.2) is 18.4 Å². The van der Waals surface area contributed by atoms with Crippen LogP contribution in [0, 0.1) is 6.92 Å². The number of benzene rings is 1. The van der Waals surface area contributed by atoms with Gasteiger partial charge in [0.2, 0.25) is 10.0 Å². The molecule has 10 heteroatoms. The highest BCUT2D eigenvalue weighted by atomic mass is 32.2. The van der Waals surface area contributed by atoms with Gasteiger partial charge in [0, 0.05) is 52.9 Å². The number of nitrogens with one attached hydrogen (secondary N) is 1. The van der Waals surface area contributed by atoms with Crippen LogP contribution in [0.4, 0.5) is 11.5 Å². The summed E-state index contributed by atoms with van der Waals surface area (Å²) in [5, 5.41) is 4.01. The Morgan fingerprint density at radius 2 is 2.06 bits per heavy atom. The molecule has 0 radical (unpaired) electrons. The van der Waals surface area contributed by atoms with Crippen LogP contribution in [0.15, 0.2) is 53.0 Å². The lowest BCUT2D eigenvalue weighted by Gasteiger charge is -2.29. The van der Waals surface area contributed by atoms with E-state index in [-0.39, 0.29) is 11.4 Å². The van der Waals surface area contributed by atoms with Crippen LogP contribution in [-0.4, -0.2) is 34.2 Å². The first kappa shape index (κ1) is 20.8. The summed E-state index contributed by atoms with van der Waals surface area (Å²) in [6.07, 6.45) is 2.18. The molecule has 0 spiro atoms. The number of hydrogen-bond acceptors (Lipinski definition) is 8. The van der Waals surface area contributed by atoms with Gasteiger partial charge in [0.15, 0.2) is 0 Å². The van der Waals surface area contributed by atoms with E-state index in [2.05, 4.69) is 20.3 Å². The molecule has 0 bridgehead atoms. The molecule has 8 nitrogen and oxygen atoms in total. The molecule has 0 saturated heterocycles. The predicted octanol–water partition coefficient (Wildman–Crippen LogP) is 3.34. The molecule has 164 valence electrons. The van der Waals surface area contributed by atoms with Crippen molar-refractivity contribution < 1.29 is 8.42 Å². The maximum atomic E-state index is 13.8. The summed E-state index contributed by atoms with van der Waals surface area (Å²) in [6, 6.07) is 10.9. The molecule has 5 rings (SSSR count). The second-order valence-corrected chi connectivity index (χ2v) is 10.5. The number of aromatic nitrogens is 3. The van der Waals surface area contributed by atoms with Crippen LogP contribution in [0.5, 0.6) is 0 Å². The van der Waals surface area contributed by atoms with Gasteiger partial charge in [0.1, 0.15) is 10.7 Å². The van der Waals surface area contributed by atoms with Crippen LogP contribution >= 0.6 is 11.3 Å². The first-order valence-corrected chi connectivity index (χ1v) is 12.5. The van der Waals surface area contributed by atoms with Crippen LogP contribution in [0.2, 0.25) is 0 Å². The second-order valence-electron chi connectivity index (χ2n) is 7.66. The molecule has 1 aliphatic rings. The van der Waals surface area contributed by atoms with Gasteiger partial charge in [-0.1, -0.05) is 18.2 Å². The number of anilines is 2. The van der Waals surface area contributed by atoms with Gasteiger partial charge < -0.3 is 11.1 Å². The average molecular weight is 467 g/mol. The molecule has 3 aromatic heterocycles. The van der Waals surface area contributed by atoms with E-state index in [1.807, 2.05) is 31.2 Å². The third-order valence-corrected chi connectivity index (χ3v) is 8.48. The van der Waals surface area contributed by atoms with Crippen LogP contribution in [0.3, 0.4) is 0 Å². The summed E-state index contributed by atoms with van der Waals surface area (Å²) < 4.78 is 29.0. The summed E-state index contributed by atoms with van der Waals surface area (Å²) in [4.78, 5) is 14.5. The highest BCUT2D eigenvalue weighted by Crippen LogP contribution is 2.32. The van der Waals surface area contributed by atoms with Crippen molar-refractivity contribution in [3.63, 3.8) is 0 Å². The lowest BCUT2D eigenvalue weighted by Crippen LogP contribution is -2.37. The fourth-order valence-corrected chi connectivity index (χ4v) is 6.12. The Morgan fingerprint density at radius 1 is 1.22 bits per heavy atom. The molecular formula is C22H22N6O2S2. The first-order chi connectivity index (χ1) is 15.4. The van der Waals surface area contributed by atoms with Gasteiger partial charge >= 0.3 is 0 Å². The highest BCUT2D eigenvalue weighted by Gasteiger charge is 2.32. The Morgan fingerprint density at radius 3 is 2.88 bits per heavy atom. The summed E-state index contributed by atoms with van der Waals surface area (Å²) in [6.45, 7) is 2.91. The number of nitrogens with zero attached hydrogens (tertiary/aromatic N) is 4. The van der Waals surface area contributed by atoms with Crippen molar-refractivity contribution in [3.8, 4) is 0 Å². The topological polar surface area (TPSA) is 114 Å². The van der Waals surface area contributed by atoms with Crippen molar-refractivity contribution in [2.24, 2.45) is 0 Å². The minimum atomic E-state index is -3.83. The normalized spacial score (nSPS) is 14.4. The Bertz CT molecular complexity index is 1420. The maximum Gasteiger partial charge on any atom is 0.247 e. The van der Waals surface area contributed by atoms with Crippen molar-refractivity contribution in [2.45, 2.75) is 31.3 Å². The zero-order chi connectivity index (χ0) is 22.3. The van der Waals surface area contributed by atoms with Gasteiger partial charge in [-0.15, -0.1) is 11.3 Å². The SMILES string of the molecule is Cc1ncsc1CNc1nc2ccccc2cc1S(=O)(=O)N1CCc2nccc(N)c2C1. The molecule has 0 fully saturated rings. The van der Waals surface area contributed by atoms with Crippen LogP contribution in [-0.2, 0) is 29.5 Å². The number of nitrogens with two attached hydrogens (primary N) is 1. The number of para-hydroxylation sites is 1. The third-order valence-electron chi connectivity index (χ3n) is 5.68. The zero-order valence-corrected chi connectivity index (χ0v) is 19.1. The number of fused-ring (bicyclic) bond motifs is 2. The molecule has 1 aliphatic heterocycles. The van der Waals surface area contributed by atoms with E-state index >= 15 is 0 Å². The van der Waals surface area contributed by atoms with Crippen molar-refractivity contribution in [2.75, 3.05) is 17.6 Å². The molecule has 1 aromatic carbocycles. The lowest BCUT2D eigenvalue weighted by atomic mass is 10.1. The van der Waals surface area contributed by atoms with Gasteiger partial charge in [-0.2, -0.15) is 4.31 Å². The largest absolute Gasteiger partial charge is 0.398 e.